The van der Waals surface area contributed by atoms with Gasteiger partial charge in [0.05, 0.1) is 0 Å². The van der Waals surface area contributed by atoms with Gasteiger partial charge in [0, 0.05) is 16.8 Å². The summed E-state index contributed by atoms with van der Waals surface area (Å²) in [5, 5.41) is 6.00. The third-order valence-electron chi connectivity index (χ3n) is 3.86. The van der Waals surface area contributed by atoms with Gasteiger partial charge in [0.25, 0.3) is 0 Å². The van der Waals surface area contributed by atoms with Gasteiger partial charge in [-0.15, -0.1) is 11.3 Å². The Balaban J connectivity index is 2.27. The van der Waals surface area contributed by atoms with Crippen LogP contribution in [0.15, 0.2) is 11.4 Å². The third kappa shape index (κ3) is 2.74. The molecule has 0 bridgehead atoms. The topological polar surface area (TPSA) is 12.0 Å². The van der Waals surface area contributed by atoms with E-state index in [2.05, 4.69) is 44.5 Å². The second kappa shape index (κ2) is 5.11. The lowest BCUT2D eigenvalue weighted by molar-refractivity contribution is 0.222. The van der Waals surface area contributed by atoms with E-state index < -0.39 is 0 Å². The molecule has 2 unspecified atom stereocenters. The summed E-state index contributed by atoms with van der Waals surface area (Å²) in [4.78, 5) is 1.63. The lowest BCUT2D eigenvalue weighted by atomic mass is 9.72. The van der Waals surface area contributed by atoms with Gasteiger partial charge in [-0.2, -0.15) is 0 Å². The molecular weight excluding hydrogens is 226 g/mol. The Morgan fingerprint density at radius 3 is 2.88 bits per heavy atom. The highest BCUT2D eigenvalue weighted by Gasteiger charge is 2.35. The van der Waals surface area contributed by atoms with E-state index in [1.54, 1.807) is 10.4 Å². The quantitative estimate of drug-likeness (QED) is 0.849. The molecule has 96 valence electrons. The Kier molecular flexibility index (Phi) is 3.94. The summed E-state index contributed by atoms with van der Waals surface area (Å²) in [6, 6.07) is 2.96. The summed E-state index contributed by atoms with van der Waals surface area (Å²) in [6.45, 7) is 10.4. The molecule has 0 radical (unpaired) electrons. The number of hydrogen-bond donors (Lipinski definition) is 1. The van der Waals surface area contributed by atoms with E-state index >= 15 is 0 Å². The van der Waals surface area contributed by atoms with Crippen LogP contribution in [-0.2, 0) is 6.42 Å². The Bertz CT molecular complexity index is 361. The smallest absolute Gasteiger partial charge is 0.0185 e. The molecule has 1 nitrogen and oxygen atoms in total. The number of nitrogens with one attached hydrogen (secondary N) is 1. The van der Waals surface area contributed by atoms with Crippen LogP contribution in [0.25, 0.3) is 0 Å². The van der Waals surface area contributed by atoms with Crippen LogP contribution in [0.5, 0.6) is 0 Å². The molecule has 0 spiro atoms. The number of fused-ring (bicyclic) bond motifs is 1. The standard InChI is InChI=1S/C15H25NS/c1-5-16-14(15(2,3)4)12-7-6-8-13-11(12)9-10-17-13/h9-10,12,14,16H,5-8H2,1-4H3. The van der Waals surface area contributed by atoms with Crippen molar-refractivity contribution in [3.63, 3.8) is 0 Å². The summed E-state index contributed by atoms with van der Waals surface area (Å²) in [6.07, 6.45) is 4.00. The first-order valence-corrected chi connectivity index (χ1v) is 7.71. The van der Waals surface area contributed by atoms with Crippen molar-refractivity contribution in [1.29, 1.82) is 0 Å². The average Bonchev–Trinajstić information content (AvgIpc) is 2.72. The van der Waals surface area contributed by atoms with Crippen LogP contribution in [0.4, 0.5) is 0 Å². The number of likely N-dealkylation sites (N-methyl/N-ethyl adjacent to an activating group) is 1. The van der Waals surface area contributed by atoms with E-state index in [9.17, 15) is 0 Å². The molecule has 1 aromatic heterocycles. The second-order valence-electron chi connectivity index (χ2n) is 6.20. The SMILES string of the molecule is CCNC(C1CCCc2sccc21)C(C)(C)C. The zero-order valence-corrected chi connectivity index (χ0v) is 12.4. The normalized spacial score (nSPS) is 22.2. The molecule has 2 rings (SSSR count). The molecule has 0 saturated carbocycles. The molecule has 1 N–H and O–H groups in total. The Labute approximate surface area is 110 Å². The van der Waals surface area contributed by atoms with Gasteiger partial charge in [-0.3, -0.25) is 0 Å². The predicted octanol–water partition coefficient (Wildman–Crippen LogP) is 4.19. The molecule has 0 aromatic carbocycles. The summed E-state index contributed by atoms with van der Waals surface area (Å²) in [5.74, 6) is 0.713. The van der Waals surface area contributed by atoms with Crippen molar-refractivity contribution < 1.29 is 0 Å². The van der Waals surface area contributed by atoms with E-state index in [1.807, 2.05) is 11.3 Å². The molecule has 0 amide bonds. The van der Waals surface area contributed by atoms with Gasteiger partial charge in [-0.1, -0.05) is 27.7 Å². The fourth-order valence-electron chi connectivity index (χ4n) is 3.14. The number of hydrogen-bond acceptors (Lipinski definition) is 2. The summed E-state index contributed by atoms with van der Waals surface area (Å²) in [5.41, 5.74) is 1.96. The minimum absolute atomic E-state index is 0.331. The van der Waals surface area contributed by atoms with Crippen molar-refractivity contribution in [3.8, 4) is 0 Å². The fraction of sp³-hybridized carbons (Fsp3) is 0.733. The largest absolute Gasteiger partial charge is 0.313 e. The van der Waals surface area contributed by atoms with Gasteiger partial charge < -0.3 is 5.32 Å². The van der Waals surface area contributed by atoms with Gasteiger partial charge >= 0.3 is 0 Å². The maximum Gasteiger partial charge on any atom is 0.0185 e. The molecule has 1 aromatic rings. The summed E-state index contributed by atoms with van der Waals surface area (Å²) in [7, 11) is 0. The highest BCUT2D eigenvalue weighted by Crippen LogP contribution is 2.41. The molecule has 1 aliphatic rings. The number of thiophene rings is 1. The summed E-state index contributed by atoms with van der Waals surface area (Å²) >= 11 is 1.95. The van der Waals surface area contributed by atoms with Gasteiger partial charge in [0.1, 0.15) is 0 Å². The first-order chi connectivity index (χ1) is 8.04. The first kappa shape index (κ1) is 13.1. The highest BCUT2D eigenvalue weighted by molar-refractivity contribution is 7.10. The molecule has 1 heterocycles. The molecule has 2 heteroatoms. The van der Waals surface area contributed by atoms with Gasteiger partial charge in [0.2, 0.25) is 0 Å². The Hall–Kier alpha value is -0.340. The lowest BCUT2D eigenvalue weighted by Crippen LogP contribution is -2.45. The minimum Gasteiger partial charge on any atom is -0.313 e. The zero-order valence-electron chi connectivity index (χ0n) is 11.5. The van der Waals surface area contributed by atoms with Crippen molar-refractivity contribution in [2.45, 2.75) is 58.9 Å². The van der Waals surface area contributed by atoms with Crippen molar-refractivity contribution in [2.75, 3.05) is 6.54 Å². The number of rotatable bonds is 3. The second-order valence-corrected chi connectivity index (χ2v) is 7.20. The maximum absolute atomic E-state index is 3.73. The van der Waals surface area contributed by atoms with Gasteiger partial charge in [-0.05, 0) is 48.2 Å². The molecular formula is C15H25NS. The average molecular weight is 251 g/mol. The number of aryl methyl sites for hydroxylation is 1. The van der Waals surface area contributed by atoms with Crippen LogP contribution in [0, 0.1) is 5.41 Å². The van der Waals surface area contributed by atoms with Crippen molar-refractivity contribution in [2.24, 2.45) is 5.41 Å². The van der Waals surface area contributed by atoms with E-state index in [4.69, 9.17) is 0 Å². The summed E-state index contributed by atoms with van der Waals surface area (Å²) < 4.78 is 0. The molecule has 2 atom stereocenters. The van der Waals surface area contributed by atoms with Crippen molar-refractivity contribution in [3.05, 3.63) is 21.9 Å². The van der Waals surface area contributed by atoms with Gasteiger partial charge in [0.15, 0.2) is 0 Å². The van der Waals surface area contributed by atoms with Crippen LogP contribution in [-0.4, -0.2) is 12.6 Å². The van der Waals surface area contributed by atoms with Crippen LogP contribution < -0.4 is 5.32 Å². The molecule has 1 aliphatic carbocycles. The zero-order chi connectivity index (χ0) is 12.5. The monoisotopic (exact) mass is 251 g/mol. The van der Waals surface area contributed by atoms with E-state index in [1.165, 1.54) is 19.3 Å². The van der Waals surface area contributed by atoms with E-state index in [0.717, 1.165) is 6.54 Å². The van der Waals surface area contributed by atoms with Gasteiger partial charge in [-0.25, -0.2) is 0 Å². The van der Waals surface area contributed by atoms with Crippen molar-refractivity contribution >= 4 is 11.3 Å². The van der Waals surface area contributed by atoms with E-state index in [0.29, 0.717) is 17.4 Å². The first-order valence-electron chi connectivity index (χ1n) is 6.83. The van der Waals surface area contributed by atoms with Crippen LogP contribution in [0.2, 0.25) is 0 Å². The Morgan fingerprint density at radius 2 is 2.24 bits per heavy atom. The highest BCUT2D eigenvalue weighted by atomic mass is 32.1. The van der Waals surface area contributed by atoms with Crippen LogP contribution >= 0.6 is 11.3 Å². The molecule has 0 aliphatic heterocycles. The third-order valence-corrected chi connectivity index (χ3v) is 4.85. The predicted molar refractivity (Wildman–Crippen MR) is 76.9 cm³/mol. The maximum atomic E-state index is 3.73. The Morgan fingerprint density at radius 1 is 1.47 bits per heavy atom. The lowest BCUT2D eigenvalue weighted by Gasteiger charge is -2.39. The van der Waals surface area contributed by atoms with Crippen LogP contribution in [0.3, 0.4) is 0 Å². The van der Waals surface area contributed by atoms with Crippen LogP contribution in [0.1, 0.15) is 56.9 Å². The minimum atomic E-state index is 0.331. The molecule has 17 heavy (non-hydrogen) atoms. The fourth-order valence-corrected chi connectivity index (χ4v) is 4.14. The van der Waals surface area contributed by atoms with E-state index in [-0.39, 0.29) is 0 Å². The molecule has 0 fully saturated rings. The molecule has 0 saturated heterocycles. The van der Waals surface area contributed by atoms with Crippen molar-refractivity contribution in [1.82, 2.24) is 5.32 Å².